The van der Waals surface area contributed by atoms with E-state index in [0.29, 0.717) is 0 Å². The van der Waals surface area contributed by atoms with Crippen LogP contribution in [0.25, 0.3) is 0 Å². The van der Waals surface area contributed by atoms with Gasteiger partial charge in [0.2, 0.25) is 0 Å². The molecule has 3 rings (SSSR count). The van der Waals surface area contributed by atoms with E-state index in [1.54, 1.807) is 0 Å². The Balaban J connectivity index is 1.59. The van der Waals surface area contributed by atoms with E-state index in [2.05, 4.69) is 61.8 Å². The topological polar surface area (TPSA) is 45.2 Å². The lowest BCUT2D eigenvalue weighted by Gasteiger charge is -2.38. The number of rotatable bonds is 4. The maximum absolute atomic E-state index is 9.98. The Morgan fingerprint density at radius 3 is 1.92 bits per heavy atom. The molecule has 0 unspecified atom stereocenters. The first kappa shape index (κ1) is 19.7. The van der Waals surface area contributed by atoms with E-state index in [1.165, 1.54) is 5.69 Å². The van der Waals surface area contributed by atoms with Gasteiger partial charge in [-0.2, -0.15) is 0 Å². The third-order valence-corrected chi connectivity index (χ3v) is 5.77. The second kappa shape index (κ2) is 6.82. The van der Waals surface area contributed by atoms with Crippen molar-refractivity contribution in [3.63, 3.8) is 0 Å². The average molecular weight is 360 g/mol. The predicted octanol–water partition coefficient (Wildman–Crippen LogP) is 1.88. The van der Waals surface area contributed by atoms with Crippen molar-refractivity contribution in [3.8, 4) is 0 Å². The number of anilines is 1. The lowest BCUT2D eigenvalue weighted by Crippen LogP contribution is -2.50. The maximum Gasteiger partial charge on any atom is 0.494 e. The van der Waals surface area contributed by atoms with E-state index >= 15 is 0 Å². The summed E-state index contributed by atoms with van der Waals surface area (Å²) in [5.41, 5.74) is 1.04. The van der Waals surface area contributed by atoms with Gasteiger partial charge in [-0.15, -0.1) is 0 Å². The molecular weight excluding hydrogens is 327 g/mol. The van der Waals surface area contributed by atoms with Crippen LogP contribution in [0.2, 0.25) is 0 Å². The number of nitrogens with zero attached hydrogens (tertiary/aromatic N) is 2. The molecule has 2 heterocycles. The molecule has 0 radical (unpaired) electrons. The van der Waals surface area contributed by atoms with Gasteiger partial charge in [0.15, 0.2) is 0 Å². The lowest BCUT2D eigenvalue weighted by atomic mass is 9.79. The molecule has 0 aromatic heterocycles. The van der Waals surface area contributed by atoms with Crippen LogP contribution in [0.4, 0.5) is 5.69 Å². The standard InChI is InChI=1S/C20H33BN2O3/c1-18(2,24)15-22-11-13-23(14-12-22)17-9-7-16(8-10-17)21-25-19(3,4)20(5,6)26-21/h7-10,24H,11-15H2,1-6H3. The van der Waals surface area contributed by atoms with E-state index in [1.807, 2.05) is 13.8 Å². The molecule has 1 N–H and O–H groups in total. The molecule has 6 heteroatoms. The van der Waals surface area contributed by atoms with Gasteiger partial charge in [0.1, 0.15) is 0 Å². The summed E-state index contributed by atoms with van der Waals surface area (Å²) in [7, 11) is -0.308. The highest BCUT2D eigenvalue weighted by atomic mass is 16.7. The van der Waals surface area contributed by atoms with Gasteiger partial charge in [0.25, 0.3) is 0 Å². The van der Waals surface area contributed by atoms with Crippen LogP contribution in [0.3, 0.4) is 0 Å². The monoisotopic (exact) mass is 360 g/mol. The van der Waals surface area contributed by atoms with E-state index < -0.39 is 5.60 Å². The van der Waals surface area contributed by atoms with Crippen LogP contribution < -0.4 is 10.4 Å². The van der Waals surface area contributed by atoms with Crippen LogP contribution in [0.15, 0.2) is 24.3 Å². The molecule has 0 saturated carbocycles. The zero-order valence-electron chi connectivity index (χ0n) is 17.1. The Labute approximate surface area is 158 Å². The van der Waals surface area contributed by atoms with Gasteiger partial charge in [-0.25, -0.2) is 0 Å². The third-order valence-electron chi connectivity index (χ3n) is 5.77. The maximum atomic E-state index is 9.98. The molecule has 1 aromatic carbocycles. The Kier molecular flexibility index (Phi) is 5.17. The molecule has 2 saturated heterocycles. The highest BCUT2D eigenvalue weighted by Gasteiger charge is 2.51. The summed E-state index contributed by atoms with van der Waals surface area (Å²) in [5, 5.41) is 9.98. The molecule has 144 valence electrons. The Morgan fingerprint density at radius 1 is 0.962 bits per heavy atom. The van der Waals surface area contributed by atoms with Crippen molar-refractivity contribution in [1.29, 1.82) is 0 Å². The minimum absolute atomic E-state index is 0.308. The Hall–Kier alpha value is -1.08. The van der Waals surface area contributed by atoms with Crippen molar-refractivity contribution in [2.75, 3.05) is 37.6 Å². The summed E-state index contributed by atoms with van der Waals surface area (Å²) in [6.07, 6.45) is 0. The quantitative estimate of drug-likeness (QED) is 0.831. The van der Waals surface area contributed by atoms with E-state index in [0.717, 1.165) is 38.2 Å². The van der Waals surface area contributed by atoms with Crippen LogP contribution in [-0.2, 0) is 9.31 Å². The highest BCUT2D eigenvalue weighted by Crippen LogP contribution is 2.36. The predicted molar refractivity (Wildman–Crippen MR) is 107 cm³/mol. The first-order valence-electron chi connectivity index (χ1n) is 9.62. The molecule has 26 heavy (non-hydrogen) atoms. The Bertz CT molecular complexity index is 601. The zero-order chi connectivity index (χ0) is 19.2. The second-order valence-electron chi connectivity index (χ2n) is 9.26. The zero-order valence-corrected chi connectivity index (χ0v) is 17.1. The summed E-state index contributed by atoms with van der Waals surface area (Å²) < 4.78 is 12.3. The minimum Gasteiger partial charge on any atom is -0.399 e. The van der Waals surface area contributed by atoms with Crippen molar-refractivity contribution in [2.24, 2.45) is 0 Å². The van der Waals surface area contributed by atoms with Gasteiger partial charge in [-0.1, -0.05) is 12.1 Å². The van der Waals surface area contributed by atoms with Gasteiger partial charge in [-0.05, 0) is 59.1 Å². The number of piperazine rings is 1. The highest BCUT2D eigenvalue weighted by molar-refractivity contribution is 6.62. The Morgan fingerprint density at radius 2 is 1.46 bits per heavy atom. The molecule has 2 fully saturated rings. The third kappa shape index (κ3) is 4.25. The molecular formula is C20H33BN2O3. The van der Waals surface area contributed by atoms with E-state index in [4.69, 9.17) is 9.31 Å². The van der Waals surface area contributed by atoms with Crippen molar-refractivity contribution in [2.45, 2.75) is 58.3 Å². The first-order valence-corrected chi connectivity index (χ1v) is 9.62. The summed E-state index contributed by atoms with van der Waals surface area (Å²) in [6, 6.07) is 8.54. The molecule has 0 aliphatic carbocycles. The van der Waals surface area contributed by atoms with E-state index in [9.17, 15) is 5.11 Å². The van der Waals surface area contributed by atoms with Gasteiger partial charge < -0.3 is 19.3 Å². The molecule has 0 bridgehead atoms. The van der Waals surface area contributed by atoms with Gasteiger partial charge in [-0.3, -0.25) is 4.90 Å². The van der Waals surface area contributed by atoms with Crippen molar-refractivity contribution < 1.29 is 14.4 Å². The number of β-amino-alcohol motifs (C(OH)–C–C–N with tert-alkyl or cyclic N) is 1. The smallest absolute Gasteiger partial charge is 0.399 e. The van der Waals surface area contributed by atoms with Crippen molar-refractivity contribution in [3.05, 3.63) is 24.3 Å². The van der Waals surface area contributed by atoms with Crippen molar-refractivity contribution >= 4 is 18.3 Å². The van der Waals surface area contributed by atoms with Crippen LogP contribution >= 0.6 is 0 Å². The fraction of sp³-hybridized carbons (Fsp3) is 0.700. The summed E-state index contributed by atoms with van der Waals surface area (Å²) in [4.78, 5) is 4.73. The first-order chi connectivity index (χ1) is 12.0. The lowest BCUT2D eigenvalue weighted by molar-refractivity contribution is 0.00578. The fourth-order valence-corrected chi connectivity index (χ4v) is 3.53. The molecule has 5 nitrogen and oxygen atoms in total. The summed E-state index contributed by atoms with van der Waals surface area (Å²) in [6.45, 7) is 16.7. The number of aliphatic hydroxyl groups is 1. The number of hydrogen-bond acceptors (Lipinski definition) is 5. The molecule has 0 amide bonds. The van der Waals surface area contributed by atoms with Crippen LogP contribution in [0.5, 0.6) is 0 Å². The SMILES string of the molecule is CC(C)(O)CN1CCN(c2ccc(B3OC(C)(C)C(C)(C)O3)cc2)CC1. The van der Waals surface area contributed by atoms with Gasteiger partial charge >= 0.3 is 7.12 Å². The van der Waals surface area contributed by atoms with E-state index in [-0.39, 0.29) is 18.3 Å². The summed E-state index contributed by atoms with van der Waals surface area (Å²) >= 11 is 0. The van der Waals surface area contributed by atoms with Gasteiger partial charge in [0.05, 0.1) is 16.8 Å². The number of benzene rings is 1. The second-order valence-corrected chi connectivity index (χ2v) is 9.26. The molecule has 0 spiro atoms. The molecule has 1 aromatic rings. The number of hydrogen-bond donors (Lipinski definition) is 1. The van der Waals surface area contributed by atoms with Crippen LogP contribution in [0.1, 0.15) is 41.5 Å². The minimum atomic E-state index is -0.632. The summed E-state index contributed by atoms with van der Waals surface area (Å²) in [5.74, 6) is 0. The molecule has 2 aliphatic heterocycles. The van der Waals surface area contributed by atoms with Crippen LogP contribution in [0, 0.1) is 0 Å². The van der Waals surface area contributed by atoms with Gasteiger partial charge in [0, 0.05) is 38.4 Å². The largest absolute Gasteiger partial charge is 0.494 e. The molecule has 2 aliphatic rings. The normalized spacial score (nSPS) is 23.5. The molecule has 0 atom stereocenters. The fourth-order valence-electron chi connectivity index (χ4n) is 3.53. The average Bonchev–Trinajstić information content (AvgIpc) is 2.75. The van der Waals surface area contributed by atoms with Crippen molar-refractivity contribution in [1.82, 2.24) is 4.90 Å². The van der Waals surface area contributed by atoms with Crippen LogP contribution in [-0.4, -0.2) is 66.7 Å².